The molecule has 0 radical (unpaired) electrons. The molecule has 0 spiro atoms. The van der Waals surface area contributed by atoms with E-state index in [2.05, 4.69) is 9.97 Å². The van der Waals surface area contributed by atoms with Crippen molar-refractivity contribution in [1.82, 2.24) is 9.97 Å². The molecule has 2 aromatic rings. The second-order valence-corrected chi connectivity index (χ2v) is 4.03. The molecule has 4 nitrogen and oxygen atoms in total. The summed E-state index contributed by atoms with van der Waals surface area (Å²) in [5, 5.41) is 0. The minimum absolute atomic E-state index is 0.610. The van der Waals surface area contributed by atoms with Crippen molar-refractivity contribution >= 4 is 0 Å². The van der Waals surface area contributed by atoms with E-state index in [0.29, 0.717) is 6.54 Å². The van der Waals surface area contributed by atoms with Crippen molar-refractivity contribution in [1.29, 1.82) is 0 Å². The lowest BCUT2D eigenvalue weighted by Gasteiger charge is -2.04. The Kier molecular flexibility index (Phi) is 4.25. The Labute approximate surface area is 107 Å². The molecular weight excluding hydrogens is 226 g/mol. The fraction of sp³-hybridized carbons (Fsp3) is 0.286. The lowest BCUT2D eigenvalue weighted by atomic mass is 10.1. The van der Waals surface area contributed by atoms with Crippen molar-refractivity contribution in [2.45, 2.75) is 12.8 Å². The van der Waals surface area contributed by atoms with Crippen LogP contribution in [0.15, 0.2) is 36.5 Å². The number of hydrogen-bond acceptors (Lipinski definition) is 4. The Morgan fingerprint density at radius 2 is 1.94 bits per heavy atom. The average Bonchev–Trinajstić information content (AvgIpc) is 2.40. The van der Waals surface area contributed by atoms with Crippen molar-refractivity contribution < 1.29 is 4.74 Å². The van der Waals surface area contributed by atoms with Crippen LogP contribution in [0.25, 0.3) is 0 Å². The van der Waals surface area contributed by atoms with E-state index < -0.39 is 0 Å². The highest BCUT2D eigenvalue weighted by Crippen LogP contribution is 2.13. The molecule has 0 fully saturated rings. The van der Waals surface area contributed by atoms with Crippen molar-refractivity contribution in [2.24, 2.45) is 5.73 Å². The van der Waals surface area contributed by atoms with Crippen molar-refractivity contribution in [2.75, 3.05) is 13.7 Å². The average molecular weight is 243 g/mol. The zero-order valence-electron chi connectivity index (χ0n) is 10.5. The molecular formula is C14H17N3O. The molecule has 0 aliphatic heterocycles. The third-order valence-corrected chi connectivity index (χ3v) is 2.68. The van der Waals surface area contributed by atoms with Gasteiger partial charge in [0.2, 0.25) is 0 Å². The van der Waals surface area contributed by atoms with E-state index in [1.165, 1.54) is 5.56 Å². The fourth-order valence-electron chi connectivity index (χ4n) is 1.74. The van der Waals surface area contributed by atoms with Crippen LogP contribution in [0.4, 0.5) is 0 Å². The van der Waals surface area contributed by atoms with E-state index in [-0.39, 0.29) is 0 Å². The van der Waals surface area contributed by atoms with Crippen molar-refractivity contribution in [3.8, 4) is 5.75 Å². The van der Waals surface area contributed by atoms with Crippen LogP contribution < -0.4 is 10.5 Å². The summed E-state index contributed by atoms with van der Waals surface area (Å²) in [5.41, 5.74) is 7.68. The molecule has 2 rings (SSSR count). The fourth-order valence-corrected chi connectivity index (χ4v) is 1.74. The number of aromatic nitrogens is 2. The SMILES string of the molecule is COc1ccc(Cc2nccc(CCN)n2)cc1. The zero-order chi connectivity index (χ0) is 12.8. The van der Waals surface area contributed by atoms with Crippen LogP contribution in [0.3, 0.4) is 0 Å². The molecule has 2 N–H and O–H groups in total. The van der Waals surface area contributed by atoms with Gasteiger partial charge in [-0.15, -0.1) is 0 Å². The van der Waals surface area contributed by atoms with E-state index >= 15 is 0 Å². The van der Waals surface area contributed by atoms with E-state index in [1.807, 2.05) is 30.3 Å². The summed E-state index contributed by atoms with van der Waals surface area (Å²) in [6.45, 7) is 0.610. The molecule has 18 heavy (non-hydrogen) atoms. The molecule has 0 aliphatic carbocycles. The van der Waals surface area contributed by atoms with Gasteiger partial charge in [0.05, 0.1) is 7.11 Å². The quantitative estimate of drug-likeness (QED) is 0.866. The summed E-state index contributed by atoms with van der Waals surface area (Å²) >= 11 is 0. The highest BCUT2D eigenvalue weighted by molar-refractivity contribution is 5.28. The van der Waals surface area contributed by atoms with Gasteiger partial charge in [0.25, 0.3) is 0 Å². The van der Waals surface area contributed by atoms with Gasteiger partial charge in [-0.25, -0.2) is 9.97 Å². The Bertz CT molecular complexity index is 497. The molecule has 0 unspecified atom stereocenters. The zero-order valence-corrected chi connectivity index (χ0v) is 10.5. The lowest BCUT2D eigenvalue weighted by molar-refractivity contribution is 0.414. The van der Waals surface area contributed by atoms with Crippen LogP contribution in [0.1, 0.15) is 17.1 Å². The third-order valence-electron chi connectivity index (χ3n) is 2.68. The molecule has 1 heterocycles. The van der Waals surface area contributed by atoms with Gasteiger partial charge in [0, 0.05) is 24.7 Å². The molecule has 0 saturated carbocycles. The van der Waals surface area contributed by atoms with Crippen LogP contribution in [0.2, 0.25) is 0 Å². The van der Waals surface area contributed by atoms with E-state index in [0.717, 1.165) is 30.1 Å². The number of benzene rings is 1. The molecule has 4 heteroatoms. The first-order chi connectivity index (χ1) is 8.81. The molecule has 0 atom stereocenters. The molecule has 0 saturated heterocycles. The van der Waals surface area contributed by atoms with Crippen LogP contribution >= 0.6 is 0 Å². The Hall–Kier alpha value is -1.94. The van der Waals surface area contributed by atoms with Crippen molar-refractivity contribution in [3.05, 3.63) is 53.6 Å². The van der Waals surface area contributed by atoms with Gasteiger partial charge in [-0.1, -0.05) is 12.1 Å². The molecule has 1 aromatic carbocycles. The van der Waals surface area contributed by atoms with Gasteiger partial charge in [-0.3, -0.25) is 0 Å². The number of nitrogens with two attached hydrogens (primary N) is 1. The molecule has 1 aromatic heterocycles. The highest BCUT2D eigenvalue weighted by Gasteiger charge is 2.01. The van der Waals surface area contributed by atoms with Crippen LogP contribution in [0.5, 0.6) is 5.75 Å². The molecule has 0 aliphatic rings. The first-order valence-corrected chi connectivity index (χ1v) is 5.95. The standard InChI is InChI=1S/C14H17N3O/c1-18-13-4-2-11(3-5-13)10-14-16-9-7-12(17-14)6-8-15/h2-5,7,9H,6,8,10,15H2,1H3. The normalized spacial score (nSPS) is 10.3. The third kappa shape index (κ3) is 3.28. The summed E-state index contributed by atoms with van der Waals surface area (Å²) in [7, 11) is 1.66. The predicted octanol–water partition coefficient (Wildman–Crippen LogP) is 1.58. The van der Waals surface area contributed by atoms with Crippen LogP contribution in [-0.2, 0) is 12.8 Å². The van der Waals surface area contributed by atoms with Gasteiger partial charge >= 0.3 is 0 Å². The van der Waals surface area contributed by atoms with Crippen molar-refractivity contribution in [3.63, 3.8) is 0 Å². The number of methoxy groups -OCH3 is 1. The topological polar surface area (TPSA) is 61.0 Å². The second-order valence-electron chi connectivity index (χ2n) is 4.03. The second kappa shape index (κ2) is 6.12. The maximum absolute atomic E-state index is 5.52. The Morgan fingerprint density at radius 3 is 2.61 bits per heavy atom. The van der Waals surface area contributed by atoms with E-state index in [9.17, 15) is 0 Å². The monoisotopic (exact) mass is 243 g/mol. The van der Waals surface area contributed by atoms with Crippen LogP contribution in [0, 0.1) is 0 Å². The summed E-state index contributed by atoms with van der Waals surface area (Å²) in [4.78, 5) is 8.75. The number of ether oxygens (including phenoxy) is 1. The predicted molar refractivity (Wildman–Crippen MR) is 70.6 cm³/mol. The minimum Gasteiger partial charge on any atom is -0.497 e. The van der Waals surface area contributed by atoms with Gasteiger partial charge < -0.3 is 10.5 Å². The maximum Gasteiger partial charge on any atom is 0.132 e. The first kappa shape index (κ1) is 12.5. The number of rotatable bonds is 5. The van der Waals surface area contributed by atoms with Gasteiger partial charge in [-0.05, 0) is 30.3 Å². The smallest absolute Gasteiger partial charge is 0.132 e. The summed E-state index contributed by atoms with van der Waals surface area (Å²) in [5.74, 6) is 1.68. The number of nitrogens with zero attached hydrogens (tertiary/aromatic N) is 2. The lowest BCUT2D eigenvalue weighted by Crippen LogP contribution is -2.06. The molecule has 0 amide bonds. The Balaban J connectivity index is 2.09. The van der Waals surface area contributed by atoms with Gasteiger partial charge in [0.15, 0.2) is 0 Å². The van der Waals surface area contributed by atoms with Gasteiger partial charge in [-0.2, -0.15) is 0 Å². The summed E-state index contributed by atoms with van der Waals surface area (Å²) in [6.07, 6.45) is 3.30. The van der Waals surface area contributed by atoms with Gasteiger partial charge in [0.1, 0.15) is 11.6 Å². The maximum atomic E-state index is 5.52. The van der Waals surface area contributed by atoms with E-state index in [4.69, 9.17) is 10.5 Å². The molecule has 94 valence electrons. The van der Waals surface area contributed by atoms with Crippen LogP contribution in [-0.4, -0.2) is 23.6 Å². The minimum atomic E-state index is 0.610. The van der Waals surface area contributed by atoms with E-state index in [1.54, 1.807) is 13.3 Å². The molecule has 0 bridgehead atoms. The summed E-state index contributed by atoms with van der Waals surface area (Å²) in [6, 6.07) is 9.85. The largest absolute Gasteiger partial charge is 0.497 e. The Morgan fingerprint density at radius 1 is 1.17 bits per heavy atom. The summed E-state index contributed by atoms with van der Waals surface area (Å²) < 4.78 is 5.13. The highest BCUT2D eigenvalue weighted by atomic mass is 16.5. The first-order valence-electron chi connectivity index (χ1n) is 5.95. The number of hydrogen-bond donors (Lipinski definition) is 1.